The number of hydrogen-bond donors (Lipinski definition) is 1. The van der Waals surface area contributed by atoms with E-state index in [1.54, 1.807) is 0 Å². The molecule has 7 nitrogen and oxygen atoms in total. The standard InChI is InChI=1S/C16H10ClF3N2O5/c17-9-5-6-13(22(25)26)12(7-9)21-14(23)8-27-15(24)10-3-1-2-4-11(10)16(18,19)20/h1-7H,8H2,(H,21,23). The summed E-state index contributed by atoms with van der Waals surface area (Å²) in [6, 6.07) is 7.33. The summed E-state index contributed by atoms with van der Waals surface area (Å²) in [4.78, 5) is 33.9. The molecule has 0 saturated carbocycles. The molecule has 0 saturated heterocycles. The minimum atomic E-state index is -4.78. The lowest BCUT2D eigenvalue weighted by Gasteiger charge is -2.12. The summed E-state index contributed by atoms with van der Waals surface area (Å²) >= 11 is 5.71. The molecule has 2 aromatic carbocycles. The maximum atomic E-state index is 12.9. The molecule has 0 aliphatic rings. The van der Waals surface area contributed by atoms with Gasteiger partial charge in [0.15, 0.2) is 6.61 Å². The number of halogens is 4. The summed E-state index contributed by atoms with van der Waals surface area (Å²) in [7, 11) is 0. The monoisotopic (exact) mass is 402 g/mol. The van der Waals surface area contributed by atoms with Crippen molar-refractivity contribution in [1.82, 2.24) is 0 Å². The highest BCUT2D eigenvalue weighted by Gasteiger charge is 2.35. The summed E-state index contributed by atoms with van der Waals surface area (Å²) in [5, 5.41) is 13.1. The highest BCUT2D eigenvalue weighted by Crippen LogP contribution is 2.32. The molecule has 0 aromatic heterocycles. The van der Waals surface area contributed by atoms with Crippen molar-refractivity contribution in [3.63, 3.8) is 0 Å². The Morgan fingerprint density at radius 3 is 2.48 bits per heavy atom. The molecule has 0 bridgehead atoms. The van der Waals surface area contributed by atoms with Gasteiger partial charge in [-0.2, -0.15) is 13.2 Å². The van der Waals surface area contributed by atoms with Gasteiger partial charge in [-0.05, 0) is 24.3 Å². The number of benzene rings is 2. The van der Waals surface area contributed by atoms with Gasteiger partial charge in [0.05, 0.1) is 16.1 Å². The molecule has 1 amide bonds. The number of rotatable bonds is 5. The molecule has 11 heteroatoms. The van der Waals surface area contributed by atoms with Gasteiger partial charge in [-0.3, -0.25) is 14.9 Å². The van der Waals surface area contributed by atoms with Crippen molar-refractivity contribution in [1.29, 1.82) is 0 Å². The quantitative estimate of drug-likeness (QED) is 0.462. The molecule has 0 aliphatic heterocycles. The van der Waals surface area contributed by atoms with E-state index in [9.17, 15) is 32.9 Å². The van der Waals surface area contributed by atoms with Gasteiger partial charge >= 0.3 is 12.1 Å². The zero-order chi connectivity index (χ0) is 20.2. The lowest BCUT2D eigenvalue weighted by Crippen LogP contribution is -2.22. The third kappa shape index (κ3) is 5.17. The van der Waals surface area contributed by atoms with E-state index >= 15 is 0 Å². The van der Waals surface area contributed by atoms with Gasteiger partial charge in [0, 0.05) is 11.1 Å². The fraction of sp³-hybridized carbons (Fsp3) is 0.125. The molecule has 0 unspecified atom stereocenters. The zero-order valence-electron chi connectivity index (χ0n) is 13.2. The van der Waals surface area contributed by atoms with Crippen molar-refractivity contribution >= 4 is 34.9 Å². The van der Waals surface area contributed by atoms with Gasteiger partial charge in [-0.15, -0.1) is 0 Å². The van der Waals surface area contributed by atoms with Crippen LogP contribution in [0.5, 0.6) is 0 Å². The van der Waals surface area contributed by atoms with E-state index < -0.39 is 46.4 Å². The van der Waals surface area contributed by atoms with E-state index in [1.165, 1.54) is 12.1 Å². The molecule has 0 fully saturated rings. The second-order valence-electron chi connectivity index (χ2n) is 5.09. The lowest BCUT2D eigenvalue weighted by atomic mass is 10.1. The molecule has 2 rings (SSSR count). The molecule has 0 aliphatic carbocycles. The fourth-order valence-corrected chi connectivity index (χ4v) is 2.24. The molecular weight excluding hydrogens is 393 g/mol. The largest absolute Gasteiger partial charge is 0.452 e. The average molecular weight is 403 g/mol. The lowest BCUT2D eigenvalue weighted by molar-refractivity contribution is -0.383. The summed E-state index contributed by atoms with van der Waals surface area (Å²) in [6.07, 6.45) is -4.78. The van der Waals surface area contributed by atoms with E-state index in [0.717, 1.165) is 24.3 Å². The first-order valence-electron chi connectivity index (χ1n) is 7.16. The van der Waals surface area contributed by atoms with Crippen LogP contribution in [0.25, 0.3) is 0 Å². The number of nitrogens with one attached hydrogen (secondary N) is 1. The van der Waals surface area contributed by atoms with Crippen LogP contribution in [-0.4, -0.2) is 23.4 Å². The van der Waals surface area contributed by atoms with Crippen LogP contribution in [0.4, 0.5) is 24.5 Å². The predicted molar refractivity (Wildman–Crippen MR) is 88.5 cm³/mol. The van der Waals surface area contributed by atoms with E-state index in [4.69, 9.17) is 11.6 Å². The predicted octanol–water partition coefficient (Wildman–Crippen LogP) is 4.06. The Balaban J connectivity index is 2.08. The minimum Gasteiger partial charge on any atom is -0.452 e. The Hall–Kier alpha value is -3.14. The Morgan fingerprint density at radius 2 is 1.85 bits per heavy atom. The van der Waals surface area contributed by atoms with Crippen LogP contribution in [0.15, 0.2) is 42.5 Å². The number of nitro groups is 1. The van der Waals surface area contributed by atoms with Crippen molar-refractivity contribution in [2.75, 3.05) is 11.9 Å². The third-order valence-electron chi connectivity index (χ3n) is 3.22. The van der Waals surface area contributed by atoms with Gasteiger partial charge in [0.1, 0.15) is 5.69 Å². The van der Waals surface area contributed by atoms with Gasteiger partial charge in [0.2, 0.25) is 0 Å². The Kier molecular flexibility index (Phi) is 6.01. The van der Waals surface area contributed by atoms with Gasteiger partial charge in [-0.25, -0.2) is 4.79 Å². The highest BCUT2D eigenvalue weighted by atomic mass is 35.5. The van der Waals surface area contributed by atoms with Crippen molar-refractivity contribution in [3.05, 3.63) is 68.7 Å². The van der Waals surface area contributed by atoms with Crippen LogP contribution in [0.1, 0.15) is 15.9 Å². The van der Waals surface area contributed by atoms with Crippen molar-refractivity contribution in [2.45, 2.75) is 6.18 Å². The molecule has 0 atom stereocenters. The number of nitro benzene ring substituents is 1. The zero-order valence-corrected chi connectivity index (χ0v) is 14.0. The first kappa shape index (κ1) is 20.2. The fourth-order valence-electron chi connectivity index (χ4n) is 2.07. The number of hydrogen-bond acceptors (Lipinski definition) is 5. The third-order valence-corrected chi connectivity index (χ3v) is 3.45. The average Bonchev–Trinajstić information content (AvgIpc) is 2.58. The second kappa shape index (κ2) is 8.04. The molecule has 0 radical (unpaired) electrons. The number of alkyl halides is 3. The van der Waals surface area contributed by atoms with E-state index in [2.05, 4.69) is 10.1 Å². The van der Waals surface area contributed by atoms with Crippen LogP contribution in [-0.2, 0) is 15.7 Å². The molecule has 142 valence electrons. The van der Waals surface area contributed by atoms with Gasteiger partial charge in [0.25, 0.3) is 11.6 Å². The summed E-state index contributed by atoms with van der Waals surface area (Å²) < 4.78 is 43.2. The number of esters is 1. The number of carbonyl (C=O) groups excluding carboxylic acids is 2. The molecular formula is C16H10ClF3N2O5. The molecule has 0 heterocycles. The first-order valence-corrected chi connectivity index (χ1v) is 7.54. The molecule has 27 heavy (non-hydrogen) atoms. The van der Waals surface area contributed by atoms with Crippen LogP contribution in [0, 0.1) is 10.1 Å². The number of carbonyl (C=O) groups is 2. The van der Waals surface area contributed by atoms with Crippen molar-refractivity contribution < 1.29 is 32.4 Å². The normalized spacial score (nSPS) is 11.0. The van der Waals surface area contributed by atoms with Crippen LogP contribution in [0.3, 0.4) is 0 Å². The molecule has 1 N–H and O–H groups in total. The molecule has 2 aromatic rings. The topological polar surface area (TPSA) is 98.5 Å². The van der Waals surface area contributed by atoms with Crippen LogP contribution in [0.2, 0.25) is 5.02 Å². The minimum absolute atomic E-state index is 0.104. The molecule has 0 spiro atoms. The summed E-state index contributed by atoms with van der Waals surface area (Å²) in [5.74, 6) is -2.35. The highest BCUT2D eigenvalue weighted by molar-refractivity contribution is 6.31. The maximum absolute atomic E-state index is 12.9. The Bertz CT molecular complexity index is 902. The van der Waals surface area contributed by atoms with Crippen LogP contribution >= 0.6 is 11.6 Å². The van der Waals surface area contributed by atoms with E-state index in [-0.39, 0.29) is 10.7 Å². The van der Waals surface area contributed by atoms with E-state index in [0.29, 0.717) is 6.07 Å². The maximum Gasteiger partial charge on any atom is 0.417 e. The van der Waals surface area contributed by atoms with Gasteiger partial charge < -0.3 is 10.1 Å². The van der Waals surface area contributed by atoms with Crippen LogP contribution < -0.4 is 5.32 Å². The Morgan fingerprint density at radius 1 is 1.19 bits per heavy atom. The summed E-state index contributed by atoms with van der Waals surface area (Å²) in [6.45, 7) is -0.950. The smallest absolute Gasteiger partial charge is 0.417 e. The first-order chi connectivity index (χ1) is 12.6. The number of anilines is 1. The van der Waals surface area contributed by atoms with Crippen molar-refractivity contribution in [2.24, 2.45) is 0 Å². The Labute approximate surface area is 154 Å². The number of ether oxygens (including phenoxy) is 1. The summed E-state index contributed by atoms with van der Waals surface area (Å²) in [5.41, 5.74) is -2.67. The van der Waals surface area contributed by atoms with Crippen molar-refractivity contribution in [3.8, 4) is 0 Å². The number of nitrogens with zero attached hydrogens (tertiary/aromatic N) is 1. The SMILES string of the molecule is O=C(COC(=O)c1ccccc1C(F)(F)F)Nc1cc(Cl)ccc1[N+](=O)[O-]. The number of amides is 1. The second-order valence-corrected chi connectivity index (χ2v) is 5.52. The van der Waals surface area contributed by atoms with Gasteiger partial charge in [-0.1, -0.05) is 23.7 Å². The van der Waals surface area contributed by atoms with E-state index in [1.807, 2.05) is 0 Å².